The van der Waals surface area contributed by atoms with E-state index in [9.17, 15) is 10.4 Å². The number of benzene rings is 1. The number of hydrogen-bond acceptors (Lipinski definition) is 6. The Morgan fingerprint density at radius 1 is 0.889 bits per heavy atom. The normalized spacial score (nSPS) is 10.6. The topological polar surface area (TPSA) is 124 Å². The molecule has 0 radical (unpaired) electrons. The summed E-state index contributed by atoms with van der Waals surface area (Å²) in [5.41, 5.74) is 11.5. The molecule has 0 aliphatic heterocycles. The number of nitrogen functional groups attached to an aromatic ring is 2. The van der Waals surface area contributed by atoms with Crippen LogP contribution in [0.2, 0.25) is 0 Å². The Balaban J connectivity index is 3.07. The smallest absolute Gasteiger partial charge is 0.497 e. The number of aromatic nitrogens is 2. The number of fused-ring (bicyclic) bond motifs is 1. The molecular weight excluding hydrogens is 240 g/mol. The van der Waals surface area contributed by atoms with Crippen LogP contribution >= 0.6 is 0 Å². The lowest BCUT2D eigenvalue weighted by Gasteiger charge is -2.11. The molecule has 8 nitrogen and oxygen atoms in total. The maximum atomic E-state index is 12.1. The van der Waals surface area contributed by atoms with Crippen molar-refractivity contribution in [3.05, 3.63) is 22.5 Å². The molecule has 2 aromatic rings. The molecule has 0 spiro atoms. The van der Waals surface area contributed by atoms with Crippen LogP contribution in [0.15, 0.2) is 12.1 Å². The van der Waals surface area contributed by atoms with Gasteiger partial charge in [0.25, 0.3) is 0 Å². The molecule has 0 atom stereocenters. The molecule has 0 aliphatic carbocycles. The molecule has 1 aromatic carbocycles. The van der Waals surface area contributed by atoms with Gasteiger partial charge in [-0.2, -0.15) is 0 Å². The maximum Gasteiger partial charge on any atom is 0.497 e. The van der Waals surface area contributed by atoms with E-state index >= 15 is 0 Å². The number of nitrogens with zero attached hydrogens (tertiary/aromatic N) is 2. The van der Waals surface area contributed by atoms with E-state index in [1.54, 1.807) is 0 Å². The first-order valence-electron chi connectivity index (χ1n) is 4.97. The Bertz CT molecular complexity index is 575. The minimum Gasteiger partial charge on any atom is -0.615 e. The zero-order valence-corrected chi connectivity index (χ0v) is 9.84. The lowest BCUT2D eigenvalue weighted by Crippen LogP contribution is -2.41. The summed E-state index contributed by atoms with van der Waals surface area (Å²) >= 11 is 0. The van der Waals surface area contributed by atoms with Crippen molar-refractivity contribution in [2.75, 3.05) is 25.7 Å². The van der Waals surface area contributed by atoms with Gasteiger partial charge in [0, 0.05) is 0 Å². The molecule has 0 bridgehead atoms. The molecule has 96 valence electrons. The summed E-state index contributed by atoms with van der Waals surface area (Å²) in [6, 6.07) is 2.88. The predicted octanol–water partition coefficient (Wildman–Crippen LogP) is -0.712. The van der Waals surface area contributed by atoms with Crippen molar-refractivity contribution in [3.8, 4) is 11.8 Å². The molecule has 0 aliphatic rings. The summed E-state index contributed by atoms with van der Waals surface area (Å²) in [5.74, 6) is -0.561. The summed E-state index contributed by atoms with van der Waals surface area (Å²) in [4.78, 5) is 0. The lowest BCUT2D eigenvalue weighted by atomic mass is 10.2. The van der Waals surface area contributed by atoms with E-state index in [4.69, 9.17) is 20.9 Å². The van der Waals surface area contributed by atoms with E-state index in [-0.39, 0.29) is 34.2 Å². The minimum atomic E-state index is -0.280. The Morgan fingerprint density at radius 3 is 1.50 bits per heavy atom. The van der Waals surface area contributed by atoms with Gasteiger partial charge in [-0.3, -0.25) is 0 Å². The van der Waals surface area contributed by atoms with Gasteiger partial charge in [-0.25, -0.2) is 0 Å². The van der Waals surface area contributed by atoms with Gasteiger partial charge in [0.05, 0.1) is 14.2 Å². The summed E-state index contributed by atoms with van der Waals surface area (Å²) in [6.45, 7) is 0. The summed E-state index contributed by atoms with van der Waals surface area (Å²) in [5, 5.41) is 24.2. The number of rotatable bonds is 2. The summed E-state index contributed by atoms with van der Waals surface area (Å²) in [7, 11) is 2.50. The Morgan fingerprint density at radius 2 is 1.22 bits per heavy atom. The quantitative estimate of drug-likeness (QED) is 0.413. The molecule has 0 saturated heterocycles. The zero-order chi connectivity index (χ0) is 13.4. The van der Waals surface area contributed by atoms with Gasteiger partial charge in [-0.15, -0.1) is 9.46 Å². The SMILES string of the molecule is COc1c(OC)[n+]([O-])c2c(N)ccc(N)c2[n+]1[O-]. The van der Waals surface area contributed by atoms with E-state index < -0.39 is 0 Å². The van der Waals surface area contributed by atoms with Crippen molar-refractivity contribution >= 4 is 22.4 Å². The van der Waals surface area contributed by atoms with Crippen LogP contribution in [0, 0.1) is 10.4 Å². The maximum absolute atomic E-state index is 12.1. The Hall–Kier alpha value is -2.64. The first-order valence-corrected chi connectivity index (χ1v) is 4.97. The van der Waals surface area contributed by atoms with E-state index in [0.717, 1.165) is 0 Å². The highest BCUT2D eigenvalue weighted by Crippen LogP contribution is 2.27. The van der Waals surface area contributed by atoms with Gasteiger partial charge in [0.2, 0.25) is 0 Å². The third kappa shape index (κ3) is 1.39. The van der Waals surface area contributed by atoms with Crippen molar-refractivity contribution < 1.29 is 18.9 Å². The molecule has 0 fully saturated rings. The fraction of sp³-hybridized carbons (Fsp3) is 0.200. The highest BCUT2D eigenvalue weighted by molar-refractivity contribution is 5.90. The second-order valence-electron chi connectivity index (χ2n) is 3.55. The largest absolute Gasteiger partial charge is 0.615 e. The molecule has 1 heterocycles. The summed E-state index contributed by atoms with van der Waals surface area (Å²) in [6.07, 6.45) is 0. The van der Waals surface area contributed by atoms with Crippen LogP contribution in [0.3, 0.4) is 0 Å². The molecule has 4 N–H and O–H groups in total. The minimum absolute atomic E-state index is 0.0531. The molecule has 8 heteroatoms. The first-order chi connectivity index (χ1) is 8.52. The van der Waals surface area contributed by atoms with Crippen LogP contribution < -0.4 is 30.4 Å². The van der Waals surface area contributed by atoms with Crippen molar-refractivity contribution in [1.82, 2.24) is 0 Å². The average Bonchev–Trinajstić information content (AvgIpc) is 2.35. The van der Waals surface area contributed by atoms with Crippen molar-refractivity contribution in [2.45, 2.75) is 0 Å². The van der Waals surface area contributed by atoms with Crippen LogP contribution in [0.4, 0.5) is 11.4 Å². The highest BCUT2D eigenvalue weighted by atomic mass is 16.6. The zero-order valence-electron chi connectivity index (χ0n) is 9.84. The molecule has 0 saturated carbocycles. The van der Waals surface area contributed by atoms with Crippen LogP contribution in [-0.4, -0.2) is 14.2 Å². The van der Waals surface area contributed by atoms with Crippen molar-refractivity contribution in [3.63, 3.8) is 0 Å². The lowest BCUT2D eigenvalue weighted by molar-refractivity contribution is -0.637. The fourth-order valence-electron chi connectivity index (χ4n) is 1.76. The Kier molecular flexibility index (Phi) is 2.62. The van der Waals surface area contributed by atoms with Crippen LogP contribution in [-0.2, 0) is 0 Å². The molecule has 2 rings (SSSR count). The number of ether oxygens (including phenoxy) is 2. The van der Waals surface area contributed by atoms with Gasteiger partial charge >= 0.3 is 22.8 Å². The fourth-order valence-corrected chi connectivity index (χ4v) is 1.76. The molecule has 18 heavy (non-hydrogen) atoms. The third-order valence-electron chi connectivity index (χ3n) is 2.56. The summed E-state index contributed by atoms with van der Waals surface area (Å²) < 4.78 is 10.5. The van der Waals surface area contributed by atoms with E-state index in [0.29, 0.717) is 9.46 Å². The van der Waals surface area contributed by atoms with Crippen molar-refractivity contribution in [2.24, 2.45) is 0 Å². The number of methoxy groups -OCH3 is 2. The molecular formula is C10H12N4O4. The van der Waals surface area contributed by atoms with Gasteiger partial charge in [0.15, 0.2) is 0 Å². The van der Waals surface area contributed by atoms with E-state index in [1.807, 2.05) is 0 Å². The highest BCUT2D eigenvalue weighted by Gasteiger charge is 2.33. The molecule has 1 aromatic heterocycles. The predicted molar refractivity (Wildman–Crippen MR) is 63.8 cm³/mol. The van der Waals surface area contributed by atoms with Crippen molar-refractivity contribution in [1.29, 1.82) is 0 Å². The second kappa shape index (κ2) is 3.99. The molecule has 0 amide bonds. The monoisotopic (exact) mass is 252 g/mol. The van der Waals surface area contributed by atoms with Gasteiger partial charge < -0.3 is 31.4 Å². The first kappa shape index (κ1) is 11.8. The number of anilines is 2. The van der Waals surface area contributed by atoms with Crippen LogP contribution in [0.25, 0.3) is 11.0 Å². The van der Waals surface area contributed by atoms with E-state index in [2.05, 4.69) is 0 Å². The van der Waals surface area contributed by atoms with Gasteiger partial charge in [-0.1, -0.05) is 0 Å². The number of hydrogen-bond donors (Lipinski definition) is 2. The molecule has 0 unspecified atom stereocenters. The standard InChI is InChI=1S/C10H12N4O4/c1-17-9-10(18-2)14(16)8-6(12)4-3-5(11)7(8)13(9)15/h3-4H,11-12H2,1-2H3. The van der Waals surface area contributed by atoms with E-state index in [1.165, 1.54) is 26.4 Å². The van der Waals surface area contributed by atoms with Crippen LogP contribution in [0.5, 0.6) is 11.8 Å². The average molecular weight is 252 g/mol. The van der Waals surface area contributed by atoms with Crippen LogP contribution in [0.1, 0.15) is 0 Å². The second-order valence-corrected chi connectivity index (χ2v) is 3.55. The third-order valence-corrected chi connectivity index (χ3v) is 2.56. The van der Waals surface area contributed by atoms with Gasteiger partial charge in [0.1, 0.15) is 11.4 Å². The van der Waals surface area contributed by atoms with Gasteiger partial charge in [-0.05, 0) is 12.1 Å². The number of nitrogens with two attached hydrogens (primary N) is 2. The Labute approximate surface area is 102 Å².